The number of nitrogens with zero attached hydrogens (tertiary/aromatic N) is 1. The van der Waals surface area contributed by atoms with Crippen molar-refractivity contribution in [3.8, 4) is 0 Å². The summed E-state index contributed by atoms with van der Waals surface area (Å²) in [5.74, 6) is 0.600. The molecule has 0 atom stereocenters. The fourth-order valence-corrected chi connectivity index (χ4v) is 3.44. The Balaban J connectivity index is 2.25. The van der Waals surface area contributed by atoms with E-state index < -0.39 is 10.0 Å². The van der Waals surface area contributed by atoms with Gasteiger partial charge in [0.05, 0.1) is 5.75 Å². The standard InChI is InChI=1S/C11H25N3O2S/c1-3-14(2)9-8-13-17(15,16)10-11-4-6-12-7-5-11/h11-13H,3-10H2,1-2H3. The van der Waals surface area contributed by atoms with E-state index in [2.05, 4.69) is 21.9 Å². The Bertz CT molecular complexity index is 300. The van der Waals surface area contributed by atoms with Gasteiger partial charge in [-0.1, -0.05) is 6.92 Å². The van der Waals surface area contributed by atoms with Gasteiger partial charge in [0.2, 0.25) is 10.0 Å². The molecule has 1 aliphatic heterocycles. The molecule has 2 N–H and O–H groups in total. The van der Waals surface area contributed by atoms with Crippen LogP contribution in [0.1, 0.15) is 19.8 Å². The van der Waals surface area contributed by atoms with E-state index in [0.29, 0.717) is 12.5 Å². The van der Waals surface area contributed by atoms with Crippen molar-refractivity contribution in [2.24, 2.45) is 5.92 Å². The first kappa shape index (κ1) is 14.9. The minimum atomic E-state index is -3.09. The van der Waals surface area contributed by atoms with Gasteiger partial charge in [-0.05, 0) is 45.4 Å². The van der Waals surface area contributed by atoms with Crippen LogP contribution in [0.15, 0.2) is 0 Å². The number of hydrogen-bond acceptors (Lipinski definition) is 4. The van der Waals surface area contributed by atoms with Gasteiger partial charge in [-0.15, -0.1) is 0 Å². The van der Waals surface area contributed by atoms with Crippen LogP contribution in [0.5, 0.6) is 0 Å². The lowest BCUT2D eigenvalue weighted by Crippen LogP contribution is -2.38. The largest absolute Gasteiger partial charge is 0.317 e. The number of nitrogens with one attached hydrogen (secondary N) is 2. The van der Waals surface area contributed by atoms with Crippen LogP contribution in [0.25, 0.3) is 0 Å². The van der Waals surface area contributed by atoms with Crippen molar-refractivity contribution in [3.63, 3.8) is 0 Å². The minimum absolute atomic E-state index is 0.282. The average Bonchev–Trinajstić information content (AvgIpc) is 2.29. The molecule has 17 heavy (non-hydrogen) atoms. The summed E-state index contributed by atoms with van der Waals surface area (Å²) in [6, 6.07) is 0. The summed E-state index contributed by atoms with van der Waals surface area (Å²) in [6.45, 7) is 6.16. The van der Waals surface area contributed by atoms with Gasteiger partial charge in [-0.2, -0.15) is 0 Å². The Morgan fingerprint density at radius 2 is 2.00 bits per heavy atom. The first-order chi connectivity index (χ1) is 8.03. The van der Waals surface area contributed by atoms with Crippen LogP contribution in [0.2, 0.25) is 0 Å². The summed E-state index contributed by atoms with van der Waals surface area (Å²) >= 11 is 0. The zero-order valence-corrected chi connectivity index (χ0v) is 11.7. The SMILES string of the molecule is CCN(C)CCNS(=O)(=O)CC1CCNCC1. The fourth-order valence-electron chi connectivity index (χ4n) is 1.97. The first-order valence-electron chi connectivity index (χ1n) is 6.40. The van der Waals surface area contributed by atoms with Crippen molar-refractivity contribution in [1.82, 2.24) is 14.9 Å². The zero-order valence-electron chi connectivity index (χ0n) is 10.9. The summed E-state index contributed by atoms with van der Waals surface area (Å²) in [7, 11) is -1.10. The summed E-state index contributed by atoms with van der Waals surface area (Å²) in [5, 5.41) is 3.24. The number of likely N-dealkylation sites (N-methyl/N-ethyl adjacent to an activating group) is 1. The predicted molar refractivity (Wildman–Crippen MR) is 70.6 cm³/mol. The lowest BCUT2D eigenvalue weighted by atomic mass is 10.0. The normalized spacial score (nSPS) is 18.8. The van der Waals surface area contributed by atoms with E-state index in [1.165, 1.54) is 0 Å². The highest BCUT2D eigenvalue weighted by atomic mass is 32.2. The molecule has 1 fully saturated rings. The van der Waals surface area contributed by atoms with Gasteiger partial charge in [0.1, 0.15) is 0 Å². The highest BCUT2D eigenvalue weighted by Crippen LogP contribution is 2.13. The van der Waals surface area contributed by atoms with E-state index in [0.717, 1.165) is 39.0 Å². The number of hydrogen-bond donors (Lipinski definition) is 2. The lowest BCUT2D eigenvalue weighted by molar-refractivity contribution is 0.357. The van der Waals surface area contributed by atoms with Crippen LogP contribution in [0.4, 0.5) is 0 Å². The van der Waals surface area contributed by atoms with Crippen molar-refractivity contribution >= 4 is 10.0 Å². The van der Waals surface area contributed by atoms with E-state index in [1.807, 2.05) is 7.05 Å². The smallest absolute Gasteiger partial charge is 0.211 e. The van der Waals surface area contributed by atoms with Gasteiger partial charge in [0.25, 0.3) is 0 Å². The molecular weight excluding hydrogens is 238 g/mol. The maximum Gasteiger partial charge on any atom is 0.211 e. The van der Waals surface area contributed by atoms with Crippen molar-refractivity contribution in [3.05, 3.63) is 0 Å². The molecule has 1 saturated heterocycles. The minimum Gasteiger partial charge on any atom is -0.317 e. The molecule has 5 nitrogen and oxygen atoms in total. The van der Waals surface area contributed by atoms with Crippen LogP contribution in [0.3, 0.4) is 0 Å². The monoisotopic (exact) mass is 263 g/mol. The van der Waals surface area contributed by atoms with E-state index in [9.17, 15) is 8.42 Å². The Morgan fingerprint density at radius 1 is 1.35 bits per heavy atom. The topological polar surface area (TPSA) is 61.4 Å². The highest BCUT2D eigenvalue weighted by Gasteiger charge is 2.20. The molecule has 0 aromatic rings. The van der Waals surface area contributed by atoms with Gasteiger partial charge >= 0.3 is 0 Å². The van der Waals surface area contributed by atoms with Crippen LogP contribution in [0, 0.1) is 5.92 Å². The lowest BCUT2D eigenvalue weighted by Gasteiger charge is -2.22. The van der Waals surface area contributed by atoms with Crippen LogP contribution >= 0.6 is 0 Å². The molecule has 6 heteroatoms. The highest BCUT2D eigenvalue weighted by molar-refractivity contribution is 7.89. The van der Waals surface area contributed by atoms with Crippen molar-refractivity contribution < 1.29 is 8.42 Å². The van der Waals surface area contributed by atoms with Gasteiger partial charge in [-0.25, -0.2) is 13.1 Å². The third-order valence-electron chi connectivity index (χ3n) is 3.27. The Kier molecular flexibility index (Phi) is 6.40. The molecule has 0 aromatic heterocycles. The summed E-state index contributed by atoms with van der Waals surface area (Å²) in [5.41, 5.74) is 0. The second-order valence-corrected chi connectivity index (χ2v) is 6.62. The van der Waals surface area contributed by atoms with Gasteiger partial charge < -0.3 is 10.2 Å². The van der Waals surface area contributed by atoms with E-state index in [4.69, 9.17) is 0 Å². The number of sulfonamides is 1. The molecule has 0 bridgehead atoms. The van der Waals surface area contributed by atoms with Crippen LogP contribution in [-0.4, -0.2) is 58.8 Å². The molecule has 0 aliphatic carbocycles. The first-order valence-corrected chi connectivity index (χ1v) is 8.05. The zero-order chi connectivity index (χ0) is 12.7. The molecule has 1 heterocycles. The van der Waals surface area contributed by atoms with E-state index in [-0.39, 0.29) is 5.75 Å². The Labute approximate surface area is 105 Å². The third kappa shape index (κ3) is 6.35. The van der Waals surface area contributed by atoms with Gasteiger partial charge in [0, 0.05) is 13.1 Å². The van der Waals surface area contributed by atoms with Crippen LogP contribution < -0.4 is 10.0 Å². The third-order valence-corrected chi connectivity index (χ3v) is 4.82. The summed E-state index contributed by atoms with van der Waals surface area (Å²) in [4.78, 5) is 2.09. The molecule has 1 rings (SSSR count). The van der Waals surface area contributed by atoms with Crippen molar-refractivity contribution in [1.29, 1.82) is 0 Å². The van der Waals surface area contributed by atoms with Gasteiger partial charge in [-0.3, -0.25) is 0 Å². The quantitative estimate of drug-likeness (QED) is 0.671. The van der Waals surface area contributed by atoms with Crippen molar-refractivity contribution in [2.45, 2.75) is 19.8 Å². The molecule has 0 radical (unpaired) electrons. The molecule has 0 unspecified atom stereocenters. The second kappa shape index (κ2) is 7.31. The number of rotatable bonds is 7. The number of piperidine rings is 1. The molecule has 102 valence electrons. The maximum atomic E-state index is 11.8. The fraction of sp³-hybridized carbons (Fsp3) is 1.00. The molecule has 0 aromatic carbocycles. The summed E-state index contributed by atoms with van der Waals surface area (Å²) in [6.07, 6.45) is 1.94. The molecular formula is C11H25N3O2S. The predicted octanol–water partition coefficient (Wildman–Crippen LogP) is -0.143. The van der Waals surface area contributed by atoms with Gasteiger partial charge in [0.15, 0.2) is 0 Å². The maximum absolute atomic E-state index is 11.8. The Morgan fingerprint density at radius 3 is 2.59 bits per heavy atom. The average molecular weight is 263 g/mol. The molecule has 1 aliphatic rings. The van der Waals surface area contributed by atoms with E-state index in [1.54, 1.807) is 0 Å². The molecule has 0 spiro atoms. The summed E-state index contributed by atoms with van der Waals surface area (Å²) < 4.78 is 26.3. The second-order valence-electron chi connectivity index (χ2n) is 4.77. The molecule has 0 saturated carbocycles. The van der Waals surface area contributed by atoms with E-state index >= 15 is 0 Å². The van der Waals surface area contributed by atoms with Crippen molar-refractivity contribution in [2.75, 3.05) is 45.5 Å². The Hall–Kier alpha value is -0.170. The van der Waals surface area contributed by atoms with Crippen LogP contribution in [-0.2, 0) is 10.0 Å². The molecule has 0 amide bonds.